The second-order valence-corrected chi connectivity index (χ2v) is 9.95. The minimum absolute atomic E-state index is 0.0734. The molecule has 4 aromatic rings. The molecule has 4 heterocycles. The van der Waals surface area contributed by atoms with Gasteiger partial charge in [0.1, 0.15) is 12.1 Å². The van der Waals surface area contributed by atoms with E-state index in [9.17, 15) is 13.5 Å². The van der Waals surface area contributed by atoms with E-state index < -0.39 is 10.0 Å². The molecule has 9 nitrogen and oxygen atoms in total. The van der Waals surface area contributed by atoms with Crippen molar-refractivity contribution < 1.29 is 13.5 Å². The molecule has 0 fully saturated rings. The molecule has 0 saturated heterocycles. The van der Waals surface area contributed by atoms with Crippen molar-refractivity contribution in [3.05, 3.63) is 65.9 Å². The molecule has 1 aliphatic rings. The summed E-state index contributed by atoms with van der Waals surface area (Å²) in [6.45, 7) is 2.51. The van der Waals surface area contributed by atoms with E-state index in [1.54, 1.807) is 30.3 Å². The number of hydrogen-bond acceptors (Lipinski definition) is 7. The number of benzene rings is 1. The Morgan fingerprint density at radius 3 is 2.72 bits per heavy atom. The fourth-order valence-electron chi connectivity index (χ4n) is 4.26. The van der Waals surface area contributed by atoms with E-state index in [1.807, 2.05) is 24.7 Å². The van der Waals surface area contributed by atoms with Gasteiger partial charge in [-0.05, 0) is 44.0 Å². The van der Waals surface area contributed by atoms with E-state index in [4.69, 9.17) is 0 Å². The van der Waals surface area contributed by atoms with E-state index in [0.717, 1.165) is 24.1 Å². The summed E-state index contributed by atoms with van der Waals surface area (Å²) in [4.78, 5) is 11.0. The lowest BCUT2D eigenvalue weighted by Crippen LogP contribution is -2.39. The van der Waals surface area contributed by atoms with Crippen LogP contribution >= 0.6 is 0 Å². The molecule has 0 radical (unpaired) electrons. The van der Waals surface area contributed by atoms with Crippen LogP contribution in [0.1, 0.15) is 23.4 Å². The lowest BCUT2D eigenvalue weighted by molar-refractivity contribution is 0.274. The molecule has 0 saturated carbocycles. The first kappa shape index (κ1) is 20.7. The molecule has 1 aromatic carbocycles. The second-order valence-electron chi connectivity index (χ2n) is 8.13. The number of hydrogen-bond donors (Lipinski definition) is 1. The van der Waals surface area contributed by atoms with Crippen LogP contribution in [0, 0.1) is 6.92 Å². The van der Waals surface area contributed by atoms with Crippen LogP contribution in [0.15, 0.2) is 53.8 Å². The van der Waals surface area contributed by atoms with Gasteiger partial charge in [0.2, 0.25) is 0 Å². The number of rotatable bonds is 5. The van der Waals surface area contributed by atoms with Gasteiger partial charge in [-0.1, -0.05) is 17.7 Å². The third kappa shape index (κ3) is 3.35. The van der Waals surface area contributed by atoms with Crippen LogP contribution in [0.25, 0.3) is 11.0 Å². The zero-order chi connectivity index (χ0) is 22.5. The molecule has 0 amide bonds. The van der Waals surface area contributed by atoms with Crippen LogP contribution in [-0.2, 0) is 29.6 Å². The maximum absolute atomic E-state index is 13.2. The van der Waals surface area contributed by atoms with Crippen molar-refractivity contribution in [3.8, 4) is 0 Å². The van der Waals surface area contributed by atoms with Crippen LogP contribution in [0.3, 0.4) is 0 Å². The summed E-state index contributed by atoms with van der Waals surface area (Å²) in [5.74, 6) is 0.677. The van der Waals surface area contributed by atoms with E-state index in [2.05, 4.69) is 20.0 Å². The second kappa shape index (κ2) is 7.72. The Morgan fingerprint density at radius 2 is 1.97 bits per heavy atom. The smallest absolute Gasteiger partial charge is 0.269 e. The monoisotopic (exact) mass is 452 g/mol. The average Bonchev–Trinajstić information content (AvgIpc) is 3.42. The first-order valence-corrected chi connectivity index (χ1v) is 11.9. The fourth-order valence-corrected chi connectivity index (χ4v) is 5.56. The Labute approximate surface area is 186 Å². The maximum atomic E-state index is 13.2. The van der Waals surface area contributed by atoms with E-state index in [-0.39, 0.29) is 17.5 Å². The van der Waals surface area contributed by atoms with Gasteiger partial charge in [-0.15, -0.1) is 0 Å². The van der Waals surface area contributed by atoms with Gasteiger partial charge in [-0.3, -0.25) is 4.68 Å². The molecule has 10 heteroatoms. The van der Waals surface area contributed by atoms with Gasteiger partial charge in [0.25, 0.3) is 10.0 Å². The number of fused-ring (bicyclic) bond motifs is 2. The van der Waals surface area contributed by atoms with Crippen molar-refractivity contribution in [2.24, 2.45) is 0 Å². The Bertz CT molecular complexity index is 1390. The fraction of sp³-hybridized carbons (Fsp3) is 0.318. The van der Waals surface area contributed by atoms with Gasteiger partial charge in [0, 0.05) is 18.9 Å². The molecule has 1 N–H and O–H groups in total. The van der Waals surface area contributed by atoms with Crippen molar-refractivity contribution in [3.63, 3.8) is 0 Å². The summed E-state index contributed by atoms with van der Waals surface area (Å²) in [6.07, 6.45) is 4.69. The molecule has 5 rings (SSSR count). The van der Waals surface area contributed by atoms with Gasteiger partial charge in [0.15, 0.2) is 5.65 Å². The predicted molar refractivity (Wildman–Crippen MR) is 120 cm³/mol. The summed E-state index contributed by atoms with van der Waals surface area (Å²) >= 11 is 0. The van der Waals surface area contributed by atoms with Crippen LogP contribution < -0.4 is 4.90 Å². The number of aliphatic hydroxyl groups is 1. The first-order valence-electron chi connectivity index (χ1n) is 10.4. The lowest BCUT2D eigenvalue weighted by atomic mass is 10.0. The van der Waals surface area contributed by atoms with Crippen LogP contribution in [-0.4, -0.2) is 50.3 Å². The molecule has 166 valence electrons. The largest absolute Gasteiger partial charge is 0.390 e. The molecular formula is C22H24N6O3S. The van der Waals surface area contributed by atoms with Crippen molar-refractivity contribution in [2.75, 3.05) is 11.9 Å². The van der Waals surface area contributed by atoms with E-state index >= 15 is 0 Å². The Hall–Kier alpha value is -3.24. The third-order valence-corrected chi connectivity index (χ3v) is 7.76. The third-order valence-electron chi connectivity index (χ3n) is 6.08. The molecule has 3 aromatic heterocycles. The number of anilines is 1. The molecule has 1 unspecified atom stereocenters. The number of nitrogens with zero attached hydrogens (tertiary/aromatic N) is 6. The Balaban J connectivity index is 1.50. The van der Waals surface area contributed by atoms with Gasteiger partial charge in [-0.2, -0.15) is 5.10 Å². The highest BCUT2D eigenvalue weighted by Crippen LogP contribution is 2.29. The number of aryl methyl sites for hydroxylation is 2. The number of aliphatic hydroxyl groups excluding tert-OH is 1. The van der Waals surface area contributed by atoms with Crippen molar-refractivity contribution in [1.29, 1.82) is 0 Å². The summed E-state index contributed by atoms with van der Waals surface area (Å²) in [5, 5.41) is 14.5. The highest BCUT2D eigenvalue weighted by Gasteiger charge is 2.27. The molecule has 1 atom stereocenters. The molecule has 0 aliphatic carbocycles. The summed E-state index contributed by atoms with van der Waals surface area (Å²) < 4.78 is 29.6. The molecule has 32 heavy (non-hydrogen) atoms. The van der Waals surface area contributed by atoms with Gasteiger partial charge in [0.05, 0.1) is 35.2 Å². The van der Waals surface area contributed by atoms with Gasteiger partial charge < -0.3 is 10.0 Å². The molecule has 1 aliphatic heterocycles. The van der Waals surface area contributed by atoms with Crippen LogP contribution in [0.4, 0.5) is 5.82 Å². The van der Waals surface area contributed by atoms with Crippen molar-refractivity contribution in [1.82, 2.24) is 23.7 Å². The highest BCUT2D eigenvalue weighted by molar-refractivity contribution is 7.90. The Morgan fingerprint density at radius 1 is 1.19 bits per heavy atom. The summed E-state index contributed by atoms with van der Waals surface area (Å²) in [6, 6.07) is 10.6. The first-order chi connectivity index (χ1) is 15.4. The maximum Gasteiger partial charge on any atom is 0.269 e. The zero-order valence-electron chi connectivity index (χ0n) is 17.9. The average molecular weight is 453 g/mol. The van der Waals surface area contributed by atoms with E-state index in [0.29, 0.717) is 29.1 Å². The molecule has 0 bridgehead atoms. The zero-order valence-corrected chi connectivity index (χ0v) is 18.7. The Kier molecular flexibility index (Phi) is 4.98. The van der Waals surface area contributed by atoms with Crippen molar-refractivity contribution in [2.45, 2.75) is 43.9 Å². The van der Waals surface area contributed by atoms with Crippen LogP contribution in [0.5, 0.6) is 0 Å². The predicted octanol–water partition coefficient (Wildman–Crippen LogP) is 2.12. The highest BCUT2D eigenvalue weighted by atomic mass is 32.2. The quantitative estimate of drug-likeness (QED) is 0.494. The number of aromatic nitrogens is 5. The molecule has 0 spiro atoms. The van der Waals surface area contributed by atoms with Crippen LogP contribution in [0.2, 0.25) is 0 Å². The normalized spacial score (nSPS) is 16.3. The van der Waals surface area contributed by atoms with Gasteiger partial charge in [-0.25, -0.2) is 22.4 Å². The SMILES string of the molecule is Cc1ccc(S(=O)(=O)n2ccc3c(N(C)C4CCc5cc(CO)nn5C4)ncnc32)cc1. The lowest BCUT2D eigenvalue weighted by Gasteiger charge is -2.32. The molecular weight excluding hydrogens is 428 g/mol. The summed E-state index contributed by atoms with van der Waals surface area (Å²) in [7, 11) is -1.82. The summed E-state index contributed by atoms with van der Waals surface area (Å²) in [5.41, 5.74) is 3.13. The van der Waals surface area contributed by atoms with Crippen molar-refractivity contribution >= 4 is 26.9 Å². The standard InChI is InChI=1S/C22H24N6O3S/c1-15-3-7-19(8-4-15)32(30,31)28-10-9-20-21(23-14-24-22(20)28)26(2)18-6-5-17-11-16(13-29)25-27(17)12-18/h3-4,7-11,14,18,29H,5-6,12-13H2,1-2H3. The minimum atomic E-state index is -3.78. The number of likely N-dealkylation sites (N-methyl/N-ethyl adjacent to an activating group) is 1. The van der Waals surface area contributed by atoms with Gasteiger partial charge >= 0.3 is 0 Å². The van der Waals surface area contributed by atoms with E-state index in [1.165, 1.54) is 16.5 Å². The topological polar surface area (TPSA) is 106 Å². The minimum Gasteiger partial charge on any atom is -0.390 e.